The van der Waals surface area contributed by atoms with Crippen molar-refractivity contribution in [2.45, 2.75) is 66.0 Å². The summed E-state index contributed by atoms with van der Waals surface area (Å²) in [6, 6.07) is 1.62. The maximum atomic E-state index is 2.82. The standard InChI is InChI=1S/C17H34N2/c1-13(2)15(5)10-19-11-16-8-6-7-9-18(16)12-17(19)14(3)4/h13-17H,6-12H2,1-5H3. The third kappa shape index (κ3) is 3.72. The van der Waals surface area contributed by atoms with E-state index in [1.807, 2.05) is 0 Å². The van der Waals surface area contributed by atoms with Crippen LogP contribution in [0.5, 0.6) is 0 Å². The van der Waals surface area contributed by atoms with Crippen LogP contribution in [0.25, 0.3) is 0 Å². The molecule has 2 saturated heterocycles. The molecule has 2 aliphatic rings. The van der Waals surface area contributed by atoms with E-state index in [9.17, 15) is 0 Å². The molecule has 2 nitrogen and oxygen atoms in total. The highest BCUT2D eigenvalue weighted by atomic mass is 15.3. The summed E-state index contributed by atoms with van der Waals surface area (Å²) in [5.74, 6) is 2.40. The van der Waals surface area contributed by atoms with Crippen molar-refractivity contribution in [2.24, 2.45) is 17.8 Å². The molecule has 3 unspecified atom stereocenters. The maximum Gasteiger partial charge on any atom is 0.0247 e. The van der Waals surface area contributed by atoms with Gasteiger partial charge in [0.2, 0.25) is 0 Å². The van der Waals surface area contributed by atoms with Crippen molar-refractivity contribution in [2.75, 3.05) is 26.2 Å². The first-order valence-electron chi connectivity index (χ1n) is 8.47. The van der Waals surface area contributed by atoms with Gasteiger partial charge in [-0.15, -0.1) is 0 Å². The minimum atomic E-state index is 0.774. The second-order valence-corrected chi connectivity index (χ2v) is 7.63. The maximum absolute atomic E-state index is 2.82. The second-order valence-electron chi connectivity index (χ2n) is 7.63. The molecule has 2 heterocycles. The van der Waals surface area contributed by atoms with Gasteiger partial charge >= 0.3 is 0 Å². The van der Waals surface area contributed by atoms with E-state index in [2.05, 4.69) is 44.4 Å². The van der Waals surface area contributed by atoms with Crippen LogP contribution in [0.4, 0.5) is 0 Å². The van der Waals surface area contributed by atoms with Crippen molar-refractivity contribution in [3.63, 3.8) is 0 Å². The molecule has 112 valence electrons. The van der Waals surface area contributed by atoms with Gasteiger partial charge in [-0.05, 0) is 37.1 Å². The summed E-state index contributed by atoms with van der Waals surface area (Å²) in [7, 11) is 0. The minimum absolute atomic E-state index is 0.774. The van der Waals surface area contributed by atoms with E-state index in [1.165, 1.54) is 45.4 Å². The Morgan fingerprint density at radius 1 is 1.00 bits per heavy atom. The molecule has 0 spiro atoms. The van der Waals surface area contributed by atoms with Gasteiger partial charge in [0.25, 0.3) is 0 Å². The monoisotopic (exact) mass is 266 g/mol. The summed E-state index contributed by atoms with van der Waals surface area (Å²) in [4.78, 5) is 5.60. The molecule has 0 amide bonds. The van der Waals surface area contributed by atoms with Crippen LogP contribution in [-0.4, -0.2) is 48.1 Å². The lowest BCUT2D eigenvalue weighted by Gasteiger charge is -2.50. The molecule has 2 rings (SSSR count). The van der Waals surface area contributed by atoms with Gasteiger partial charge in [0, 0.05) is 31.7 Å². The lowest BCUT2D eigenvalue weighted by Crippen LogP contribution is -2.61. The average Bonchev–Trinajstić information content (AvgIpc) is 2.37. The Hall–Kier alpha value is -0.0800. The number of nitrogens with zero attached hydrogens (tertiary/aromatic N) is 2. The number of hydrogen-bond acceptors (Lipinski definition) is 2. The molecule has 0 radical (unpaired) electrons. The van der Waals surface area contributed by atoms with E-state index in [0.717, 1.165) is 29.8 Å². The normalized spacial score (nSPS) is 31.7. The number of piperidine rings is 1. The third-order valence-corrected chi connectivity index (χ3v) is 5.52. The summed E-state index contributed by atoms with van der Waals surface area (Å²) in [5.41, 5.74) is 0. The van der Waals surface area contributed by atoms with Gasteiger partial charge in [-0.3, -0.25) is 9.80 Å². The Morgan fingerprint density at radius 3 is 2.37 bits per heavy atom. The fraction of sp³-hybridized carbons (Fsp3) is 1.00. The zero-order chi connectivity index (χ0) is 14.0. The van der Waals surface area contributed by atoms with Crippen LogP contribution in [0.2, 0.25) is 0 Å². The molecule has 2 aliphatic heterocycles. The van der Waals surface area contributed by atoms with Gasteiger partial charge < -0.3 is 0 Å². The summed E-state index contributed by atoms with van der Waals surface area (Å²) in [5, 5.41) is 0. The van der Waals surface area contributed by atoms with Gasteiger partial charge in [0.1, 0.15) is 0 Å². The third-order valence-electron chi connectivity index (χ3n) is 5.52. The molecule has 2 fully saturated rings. The average molecular weight is 266 g/mol. The van der Waals surface area contributed by atoms with Crippen LogP contribution in [0.1, 0.15) is 53.9 Å². The van der Waals surface area contributed by atoms with Crippen LogP contribution >= 0.6 is 0 Å². The van der Waals surface area contributed by atoms with Crippen LogP contribution in [0.3, 0.4) is 0 Å². The Labute approximate surface area is 120 Å². The van der Waals surface area contributed by atoms with Gasteiger partial charge in [0.15, 0.2) is 0 Å². The van der Waals surface area contributed by atoms with Crippen molar-refractivity contribution in [1.82, 2.24) is 9.80 Å². The van der Waals surface area contributed by atoms with Crippen molar-refractivity contribution in [3.8, 4) is 0 Å². The van der Waals surface area contributed by atoms with Crippen molar-refractivity contribution >= 4 is 0 Å². The van der Waals surface area contributed by atoms with E-state index in [1.54, 1.807) is 0 Å². The molecule has 19 heavy (non-hydrogen) atoms. The highest BCUT2D eigenvalue weighted by molar-refractivity contribution is 4.92. The molecular weight excluding hydrogens is 232 g/mol. The van der Waals surface area contributed by atoms with Gasteiger partial charge in [0.05, 0.1) is 0 Å². The predicted octanol–water partition coefficient (Wildman–Crippen LogP) is 3.47. The molecular formula is C17H34N2. The minimum Gasteiger partial charge on any atom is -0.298 e. The second kappa shape index (κ2) is 6.58. The Balaban J connectivity index is 2.01. The first-order valence-corrected chi connectivity index (χ1v) is 8.47. The van der Waals surface area contributed by atoms with Crippen molar-refractivity contribution < 1.29 is 0 Å². The molecule has 0 saturated carbocycles. The Bertz CT molecular complexity index is 274. The molecule has 3 atom stereocenters. The van der Waals surface area contributed by atoms with E-state index in [0.29, 0.717) is 0 Å². The van der Waals surface area contributed by atoms with E-state index >= 15 is 0 Å². The summed E-state index contributed by atoms with van der Waals surface area (Å²) >= 11 is 0. The van der Waals surface area contributed by atoms with Gasteiger partial charge in [-0.2, -0.15) is 0 Å². The highest BCUT2D eigenvalue weighted by Crippen LogP contribution is 2.28. The van der Waals surface area contributed by atoms with E-state index < -0.39 is 0 Å². The quantitative estimate of drug-likeness (QED) is 0.769. The smallest absolute Gasteiger partial charge is 0.0247 e. The number of rotatable bonds is 4. The van der Waals surface area contributed by atoms with Gasteiger partial charge in [-0.1, -0.05) is 41.0 Å². The molecule has 0 aromatic heterocycles. The van der Waals surface area contributed by atoms with Gasteiger partial charge in [-0.25, -0.2) is 0 Å². The van der Waals surface area contributed by atoms with Crippen molar-refractivity contribution in [1.29, 1.82) is 0 Å². The molecule has 0 N–H and O–H groups in total. The molecule has 0 aromatic carbocycles. The summed E-state index contributed by atoms with van der Waals surface area (Å²) < 4.78 is 0. The highest BCUT2D eigenvalue weighted by Gasteiger charge is 2.36. The predicted molar refractivity (Wildman–Crippen MR) is 83.4 cm³/mol. The first-order chi connectivity index (χ1) is 8.99. The molecule has 0 bridgehead atoms. The number of hydrogen-bond donors (Lipinski definition) is 0. The number of fused-ring (bicyclic) bond motifs is 1. The Kier molecular flexibility index (Phi) is 5.30. The fourth-order valence-corrected chi connectivity index (χ4v) is 3.69. The van der Waals surface area contributed by atoms with E-state index in [4.69, 9.17) is 0 Å². The molecule has 0 aliphatic carbocycles. The molecule has 2 heteroatoms. The summed E-state index contributed by atoms with van der Waals surface area (Å²) in [6.07, 6.45) is 4.29. The first kappa shape index (κ1) is 15.3. The fourth-order valence-electron chi connectivity index (χ4n) is 3.69. The SMILES string of the molecule is CC(C)C(C)CN1CC2CCCCN2CC1C(C)C. The largest absolute Gasteiger partial charge is 0.298 e. The lowest BCUT2D eigenvalue weighted by molar-refractivity contribution is -0.0164. The summed E-state index contributed by atoms with van der Waals surface area (Å²) in [6.45, 7) is 17.2. The zero-order valence-electron chi connectivity index (χ0n) is 13.7. The van der Waals surface area contributed by atoms with Crippen LogP contribution < -0.4 is 0 Å². The topological polar surface area (TPSA) is 6.48 Å². The zero-order valence-corrected chi connectivity index (χ0v) is 13.7. The number of piperazine rings is 1. The van der Waals surface area contributed by atoms with E-state index in [-0.39, 0.29) is 0 Å². The lowest BCUT2D eigenvalue weighted by atomic mass is 9.89. The van der Waals surface area contributed by atoms with Crippen LogP contribution in [0.15, 0.2) is 0 Å². The Morgan fingerprint density at radius 2 is 1.74 bits per heavy atom. The van der Waals surface area contributed by atoms with Crippen LogP contribution in [0, 0.1) is 17.8 Å². The van der Waals surface area contributed by atoms with Crippen molar-refractivity contribution in [3.05, 3.63) is 0 Å². The molecule has 0 aromatic rings. The van der Waals surface area contributed by atoms with Crippen LogP contribution in [-0.2, 0) is 0 Å².